The number of methoxy groups -OCH3 is 1. The highest BCUT2D eigenvalue weighted by molar-refractivity contribution is 5.62. The third-order valence-electron chi connectivity index (χ3n) is 3.51. The van der Waals surface area contributed by atoms with E-state index in [1.165, 1.54) is 0 Å². The molecule has 0 saturated carbocycles. The smallest absolute Gasteiger partial charge is 0.254 e. The van der Waals surface area contributed by atoms with E-state index in [9.17, 15) is 0 Å². The molecule has 23 heavy (non-hydrogen) atoms. The van der Waals surface area contributed by atoms with Gasteiger partial charge in [0.05, 0.1) is 12.7 Å². The molecule has 0 spiro atoms. The lowest BCUT2D eigenvalue weighted by Gasteiger charge is -2.07. The van der Waals surface area contributed by atoms with Crippen molar-refractivity contribution in [3.8, 4) is 23.0 Å². The Hall–Kier alpha value is -2.82. The summed E-state index contributed by atoms with van der Waals surface area (Å²) < 4.78 is 16.8. The quantitative estimate of drug-likeness (QED) is 0.691. The van der Waals surface area contributed by atoms with Crippen molar-refractivity contribution in [2.45, 2.75) is 20.0 Å². The largest absolute Gasteiger partial charge is 0.496 e. The molecule has 118 valence electrons. The van der Waals surface area contributed by atoms with Crippen molar-refractivity contribution in [3.63, 3.8) is 0 Å². The maximum Gasteiger partial charge on any atom is 0.254 e. The summed E-state index contributed by atoms with van der Waals surface area (Å²) in [6, 6.07) is 15.5. The molecule has 0 unspecified atom stereocenters. The van der Waals surface area contributed by atoms with E-state index in [1.54, 1.807) is 7.11 Å². The van der Waals surface area contributed by atoms with E-state index >= 15 is 0 Å². The molecule has 0 saturated heterocycles. The summed E-state index contributed by atoms with van der Waals surface area (Å²) in [4.78, 5) is 0. The predicted octanol–water partition coefficient (Wildman–Crippen LogP) is 3.89. The van der Waals surface area contributed by atoms with Crippen molar-refractivity contribution in [2.24, 2.45) is 0 Å². The summed E-state index contributed by atoms with van der Waals surface area (Å²) in [5, 5.41) is 8.11. The second kappa shape index (κ2) is 6.96. The summed E-state index contributed by atoms with van der Waals surface area (Å²) in [7, 11) is 1.61. The minimum Gasteiger partial charge on any atom is -0.496 e. The van der Waals surface area contributed by atoms with Crippen molar-refractivity contribution >= 4 is 0 Å². The van der Waals surface area contributed by atoms with Crippen LogP contribution in [0.3, 0.4) is 0 Å². The standard InChI is InChI=1S/C18H18N2O3/c1-3-13-8-4-6-10-15(13)22-12-17-19-20-18(23-17)14-9-5-7-11-16(14)21-2/h4-11H,3,12H2,1-2H3. The Kier molecular flexibility index (Phi) is 4.57. The third kappa shape index (κ3) is 3.34. The van der Waals surface area contributed by atoms with Gasteiger partial charge in [0, 0.05) is 0 Å². The number of hydrogen-bond donors (Lipinski definition) is 0. The number of aryl methyl sites for hydroxylation is 1. The molecule has 2 aromatic carbocycles. The number of benzene rings is 2. The fourth-order valence-corrected chi connectivity index (χ4v) is 2.32. The zero-order valence-corrected chi connectivity index (χ0v) is 13.2. The molecule has 5 heteroatoms. The Morgan fingerprint density at radius 3 is 2.48 bits per heavy atom. The third-order valence-corrected chi connectivity index (χ3v) is 3.51. The van der Waals surface area contributed by atoms with Gasteiger partial charge >= 0.3 is 0 Å². The molecule has 1 aromatic heterocycles. The molecule has 0 aliphatic heterocycles. The maximum absolute atomic E-state index is 5.79. The van der Waals surface area contributed by atoms with Crippen molar-refractivity contribution in [2.75, 3.05) is 7.11 Å². The van der Waals surface area contributed by atoms with Crippen LogP contribution in [0.2, 0.25) is 0 Å². The molecule has 5 nitrogen and oxygen atoms in total. The second-order valence-corrected chi connectivity index (χ2v) is 4.95. The molecule has 0 amide bonds. The van der Waals surface area contributed by atoms with Gasteiger partial charge in [0.15, 0.2) is 6.61 Å². The van der Waals surface area contributed by atoms with Gasteiger partial charge in [-0.3, -0.25) is 0 Å². The zero-order chi connectivity index (χ0) is 16.1. The van der Waals surface area contributed by atoms with Crippen LogP contribution in [0, 0.1) is 0 Å². The van der Waals surface area contributed by atoms with Gasteiger partial charge in [0.25, 0.3) is 11.8 Å². The van der Waals surface area contributed by atoms with Gasteiger partial charge in [0.2, 0.25) is 0 Å². The minimum atomic E-state index is 0.235. The second-order valence-electron chi connectivity index (χ2n) is 4.95. The van der Waals surface area contributed by atoms with Crippen LogP contribution in [-0.2, 0) is 13.0 Å². The first-order valence-corrected chi connectivity index (χ1v) is 7.48. The topological polar surface area (TPSA) is 57.4 Å². The number of hydrogen-bond acceptors (Lipinski definition) is 5. The Morgan fingerprint density at radius 2 is 1.70 bits per heavy atom. The summed E-state index contributed by atoms with van der Waals surface area (Å²) in [5.41, 5.74) is 1.92. The van der Waals surface area contributed by atoms with Crippen molar-refractivity contribution in [1.29, 1.82) is 0 Å². The van der Waals surface area contributed by atoms with E-state index in [0.29, 0.717) is 17.5 Å². The number of nitrogens with zero attached hydrogens (tertiary/aromatic N) is 2. The van der Waals surface area contributed by atoms with E-state index in [1.807, 2.05) is 48.5 Å². The average molecular weight is 310 g/mol. The highest BCUT2D eigenvalue weighted by atomic mass is 16.5. The first-order valence-electron chi connectivity index (χ1n) is 7.48. The van der Waals surface area contributed by atoms with Crippen molar-refractivity contribution < 1.29 is 13.9 Å². The van der Waals surface area contributed by atoms with Crippen LogP contribution in [0.25, 0.3) is 11.5 Å². The summed E-state index contributed by atoms with van der Waals surface area (Å²) in [6.07, 6.45) is 0.909. The Morgan fingerprint density at radius 1 is 0.957 bits per heavy atom. The van der Waals surface area contributed by atoms with Gasteiger partial charge in [-0.2, -0.15) is 0 Å². The molecule has 1 heterocycles. The van der Waals surface area contributed by atoms with E-state index in [0.717, 1.165) is 23.3 Å². The lowest BCUT2D eigenvalue weighted by Crippen LogP contribution is -1.98. The van der Waals surface area contributed by atoms with Crippen LogP contribution >= 0.6 is 0 Å². The highest BCUT2D eigenvalue weighted by Crippen LogP contribution is 2.28. The van der Waals surface area contributed by atoms with Gasteiger partial charge in [-0.05, 0) is 30.2 Å². The average Bonchev–Trinajstić information content (AvgIpc) is 3.09. The number of aromatic nitrogens is 2. The molecular formula is C18H18N2O3. The fourth-order valence-electron chi connectivity index (χ4n) is 2.32. The molecule has 0 aliphatic carbocycles. The number of ether oxygens (including phenoxy) is 2. The van der Waals surface area contributed by atoms with E-state index in [2.05, 4.69) is 17.1 Å². The van der Waals surface area contributed by atoms with E-state index in [-0.39, 0.29) is 6.61 Å². The van der Waals surface area contributed by atoms with E-state index < -0.39 is 0 Å². The van der Waals surface area contributed by atoms with E-state index in [4.69, 9.17) is 13.9 Å². The SMILES string of the molecule is CCc1ccccc1OCc1nnc(-c2ccccc2OC)o1. The van der Waals surface area contributed by atoms with Gasteiger partial charge in [0.1, 0.15) is 11.5 Å². The monoisotopic (exact) mass is 310 g/mol. The molecule has 3 aromatic rings. The molecule has 0 bridgehead atoms. The fraction of sp³-hybridized carbons (Fsp3) is 0.222. The molecule has 0 N–H and O–H groups in total. The molecule has 0 radical (unpaired) electrons. The first-order chi connectivity index (χ1) is 11.3. The van der Waals surface area contributed by atoms with Crippen molar-refractivity contribution in [3.05, 3.63) is 60.0 Å². The van der Waals surface area contributed by atoms with Gasteiger partial charge in [-0.15, -0.1) is 10.2 Å². The molecule has 0 aliphatic rings. The van der Waals surface area contributed by atoms with Crippen LogP contribution < -0.4 is 9.47 Å². The first kappa shape index (κ1) is 15.1. The summed E-state index contributed by atoms with van der Waals surface area (Å²) in [5.74, 6) is 2.38. The Balaban J connectivity index is 1.75. The minimum absolute atomic E-state index is 0.235. The van der Waals surface area contributed by atoms with Crippen LogP contribution in [0.5, 0.6) is 11.5 Å². The number of para-hydroxylation sites is 2. The summed E-state index contributed by atoms with van der Waals surface area (Å²) >= 11 is 0. The molecule has 0 atom stereocenters. The zero-order valence-electron chi connectivity index (χ0n) is 13.2. The van der Waals surface area contributed by atoms with Crippen LogP contribution in [0.4, 0.5) is 0 Å². The predicted molar refractivity (Wildman–Crippen MR) is 86.4 cm³/mol. The highest BCUT2D eigenvalue weighted by Gasteiger charge is 2.13. The Bertz CT molecular complexity index is 783. The maximum atomic E-state index is 5.79. The number of rotatable bonds is 6. The molecular weight excluding hydrogens is 292 g/mol. The normalized spacial score (nSPS) is 10.5. The van der Waals surface area contributed by atoms with Crippen LogP contribution in [0.15, 0.2) is 52.9 Å². The lowest BCUT2D eigenvalue weighted by molar-refractivity contribution is 0.262. The van der Waals surface area contributed by atoms with Gasteiger partial charge < -0.3 is 13.9 Å². The van der Waals surface area contributed by atoms with Gasteiger partial charge in [-0.25, -0.2) is 0 Å². The van der Waals surface area contributed by atoms with Crippen LogP contribution in [0.1, 0.15) is 18.4 Å². The van der Waals surface area contributed by atoms with Crippen LogP contribution in [-0.4, -0.2) is 17.3 Å². The lowest BCUT2D eigenvalue weighted by atomic mass is 10.1. The van der Waals surface area contributed by atoms with Crippen molar-refractivity contribution in [1.82, 2.24) is 10.2 Å². The van der Waals surface area contributed by atoms with Gasteiger partial charge in [-0.1, -0.05) is 37.3 Å². The summed E-state index contributed by atoms with van der Waals surface area (Å²) in [6.45, 7) is 2.33. The molecule has 3 rings (SSSR count). The Labute approximate surface area is 134 Å². The molecule has 0 fully saturated rings.